The van der Waals surface area contributed by atoms with Gasteiger partial charge in [0, 0.05) is 15.8 Å². The van der Waals surface area contributed by atoms with E-state index in [9.17, 15) is 4.39 Å². The van der Waals surface area contributed by atoms with Gasteiger partial charge in [0.2, 0.25) is 0 Å². The van der Waals surface area contributed by atoms with Gasteiger partial charge in [0.05, 0.1) is 18.9 Å². The van der Waals surface area contributed by atoms with E-state index in [-0.39, 0.29) is 12.1 Å². The summed E-state index contributed by atoms with van der Waals surface area (Å²) in [4.78, 5) is 3.99. The van der Waals surface area contributed by atoms with Crippen LogP contribution >= 0.6 is 22.6 Å². The van der Waals surface area contributed by atoms with Crippen LogP contribution in [0.25, 0.3) is 5.83 Å². The Morgan fingerprint density at radius 3 is 2.73 bits per heavy atom. The highest BCUT2D eigenvalue weighted by atomic mass is 127. The highest BCUT2D eigenvalue weighted by Crippen LogP contribution is 2.24. The molecule has 0 unspecified atom stereocenters. The van der Waals surface area contributed by atoms with Crippen molar-refractivity contribution in [3.63, 3.8) is 0 Å². The maximum absolute atomic E-state index is 13.1. The van der Waals surface area contributed by atoms with Crippen molar-refractivity contribution in [1.29, 1.82) is 0 Å². The first kappa shape index (κ1) is 11.0. The number of hydrogen-bond acceptors (Lipinski definition) is 3. The minimum atomic E-state index is -0.349. The third kappa shape index (κ3) is 2.53. The SMILES string of the molecule is FC(=CI)c1ccc(C2OCCO2)cn1. The lowest BCUT2D eigenvalue weighted by Crippen LogP contribution is -1.99. The number of ether oxygens (including phenoxy) is 2. The molecular formula is C10H9FINO2. The monoisotopic (exact) mass is 321 g/mol. The van der Waals surface area contributed by atoms with Gasteiger partial charge in [0.15, 0.2) is 12.1 Å². The van der Waals surface area contributed by atoms with Crippen molar-refractivity contribution in [3.05, 3.63) is 33.7 Å². The van der Waals surface area contributed by atoms with Crippen molar-refractivity contribution < 1.29 is 13.9 Å². The van der Waals surface area contributed by atoms with Gasteiger partial charge in [0.1, 0.15) is 0 Å². The fraction of sp³-hybridized carbons (Fsp3) is 0.300. The van der Waals surface area contributed by atoms with Crippen LogP contribution in [-0.4, -0.2) is 18.2 Å². The van der Waals surface area contributed by atoms with E-state index in [2.05, 4.69) is 4.98 Å². The average Bonchev–Trinajstić information content (AvgIpc) is 2.82. The Morgan fingerprint density at radius 1 is 1.47 bits per heavy atom. The normalized spacial score (nSPS) is 18.4. The van der Waals surface area contributed by atoms with Crippen molar-refractivity contribution in [1.82, 2.24) is 4.98 Å². The number of halogens is 2. The largest absolute Gasteiger partial charge is 0.346 e. The number of aromatic nitrogens is 1. The molecule has 5 heteroatoms. The van der Waals surface area contributed by atoms with Crippen molar-refractivity contribution in [2.45, 2.75) is 6.29 Å². The third-order valence-electron chi connectivity index (χ3n) is 2.02. The molecule has 2 rings (SSSR count). The van der Waals surface area contributed by atoms with Gasteiger partial charge in [-0.15, -0.1) is 0 Å². The molecular weight excluding hydrogens is 312 g/mol. The average molecular weight is 321 g/mol. The van der Waals surface area contributed by atoms with Gasteiger partial charge in [-0.3, -0.25) is 4.98 Å². The van der Waals surface area contributed by atoms with Crippen LogP contribution in [0, 0.1) is 0 Å². The summed E-state index contributed by atoms with van der Waals surface area (Å²) in [5.41, 5.74) is 1.14. The van der Waals surface area contributed by atoms with E-state index in [0.29, 0.717) is 18.9 Å². The third-order valence-corrected chi connectivity index (χ3v) is 2.57. The van der Waals surface area contributed by atoms with Crippen molar-refractivity contribution in [2.24, 2.45) is 0 Å². The Balaban J connectivity index is 2.16. The van der Waals surface area contributed by atoms with Crippen LogP contribution in [0.5, 0.6) is 0 Å². The number of nitrogens with zero attached hydrogens (tertiary/aromatic N) is 1. The Labute approximate surface area is 100 Å². The molecule has 15 heavy (non-hydrogen) atoms. The molecule has 3 nitrogen and oxygen atoms in total. The fourth-order valence-corrected chi connectivity index (χ4v) is 1.61. The molecule has 0 bridgehead atoms. The predicted octanol–water partition coefficient (Wildman–Crippen LogP) is 2.83. The second-order valence-corrected chi connectivity index (χ2v) is 3.63. The molecule has 80 valence electrons. The Morgan fingerprint density at radius 2 is 2.20 bits per heavy atom. The first-order chi connectivity index (χ1) is 7.31. The lowest BCUT2D eigenvalue weighted by atomic mass is 10.2. The molecule has 0 radical (unpaired) electrons. The fourth-order valence-electron chi connectivity index (χ4n) is 1.29. The Kier molecular flexibility index (Phi) is 3.66. The highest BCUT2D eigenvalue weighted by molar-refractivity contribution is 14.1. The van der Waals surface area contributed by atoms with Gasteiger partial charge in [-0.05, 0) is 28.7 Å². The summed E-state index contributed by atoms with van der Waals surface area (Å²) in [5, 5.41) is 0. The maximum atomic E-state index is 13.1. The van der Waals surface area contributed by atoms with Crippen LogP contribution in [0.3, 0.4) is 0 Å². The Hall–Kier alpha value is -0.530. The molecule has 0 spiro atoms. The zero-order valence-corrected chi connectivity index (χ0v) is 9.98. The highest BCUT2D eigenvalue weighted by Gasteiger charge is 2.18. The van der Waals surface area contributed by atoms with Crippen LogP contribution in [0.1, 0.15) is 17.5 Å². The van der Waals surface area contributed by atoms with Gasteiger partial charge < -0.3 is 9.47 Å². The van der Waals surface area contributed by atoms with Gasteiger partial charge in [-0.25, -0.2) is 4.39 Å². The standard InChI is InChI=1S/C10H9FINO2/c11-8(5-12)9-2-1-7(6-13-9)10-14-3-4-15-10/h1-2,5-6,10H,3-4H2. The van der Waals surface area contributed by atoms with Crippen molar-refractivity contribution in [2.75, 3.05) is 13.2 Å². The molecule has 0 aromatic carbocycles. The van der Waals surface area contributed by atoms with Crippen LogP contribution < -0.4 is 0 Å². The molecule has 1 saturated heterocycles. The van der Waals surface area contributed by atoms with Crippen molar-refractivity contribution in [3.8, 4) is 0 Å². The first-order valence-electron chi connectivity index (χ1n) is 4.46. The smallest absolute Gasteiger partial charge is 0.185 e. The Bertz CT molecular complexity index is 360. The topological polar surface area (TPSA) is 31.4 Å². The quantitative estimate of drug-likeness (QED) is 0.785. The summed E-state index contributed by atoms with van der Waals surface area (Å²) in [6.45, 7) is 1.18. The molecule has 0 amide bonds. The zero-order chi connectivity index (χ0) is 10.7. The van der Waals surface area contributed by atoms with Gasteiger partial charge in [0.25, 0.3) is 0 Å². The second kappa shape index (κ2) is 5.00. The lowest BCUT2D eigenvalue weighted by Gasteiger charge is -2.08. The van der Waals surface area contributed by atoms with E-state index < -0.39 is 0 Å². The van der Waals surface area contributed by atoms with E-state index >= 15 is 0 Å². The van der Waals surface area contributed by atoms with Crippen LogP contribution in [0.2, 0.25) is 0 Å². The summed E-state index contributed by atoms with van der Waals surface area (Å²) in [6.07, 6.45) is 1.23. The lowest BCUT2D eigenvalue weighted by molar-refractivity contribution is -0.0443. The molecule has 1 fully saturated rings. The molecule has 0 atom stereocenters. The second-order valence-electron chi connectivity index (χ2n) is 3.01. The zero-order valence-electron chi connectivity index (χ0n) is 7.82. The number of rotatable bonds is 2. The summed E-state index contributed by atoms with van der Waals surface area (Å²) < 4.78 is 25.0. The van der Waals surface area contributed by atoms with Crippen LogP contribution in [0.15, 0.2) is 22.4 Å². The molecule has 1 aromatic rings. The summed E-state index contributed by atoms with van der Waals surface area (Å²) in [7, 11) is 0. The van der Waals surface area contributed by atoms with Crippen LogP contribution in [0.4, 0.5) is 4.39 Å². The van der Waals surface area contributed by atoms with E-state index in [1.165, 1.54) is 4.08 Å². The van der Waals surface area contributed by atoms with Crippen LogP contribution in [-0.2, 0) is 9.47 Å². The summed E-state index contributed by atoms with van der Waals surface area (Å²) in [6, 6.07) is 3.38. The van der Waals surface area contributed by atoms with E-state index in [1.54, 1.807) is 18.3 Å². The maximum Gasteiger partial charge on any atom is 0.185 e. The minimum absolute atomic E-state index is 0.325. The van der Waals surface area contributed by atoms with Gasteiger partial charge in [-0.2, -0.15) is 0 Å². The number of hydrogen-bond donors (Lipinski definition) is 0. The molecule has 1 aliphatic rings. The summed E-state index contributed by atoms with van der Waals surface area (Å²) in [5.74, 6) is -0.338. The van der Waals surface area contributed by atoms with Gasteiger partial charge in [-0.1, -0.05) is 6.07 Å². The predicted molar refractivity (Wildman–Crippen MR) is 62.0 cm³/mol. The number of pyridine rings is 1. The first-order valence-corrected chi connectivity index (χ1v) is 5.71. The van der Waals surface area contributed by atoms with E-state index in [0.717, 1.165) is 5.56 Å². The molecule has 0 saturated carbocycles. The summed E-state index contributed by atoms with van der Waals surface area (Å²) >= 11 is 1.84. The van der Waals surface area contributed by atoms with Gasteiger partial charge >= 0.3 is 0 Å². The molecule has 0 N–H and O–H groups in total. The molecule has 1 aromatic heterocycles. The van der Waals surface area contributed by atoms with E-state index in [4.69, 9.17) is 9.47 Å². The molecule has 1 aliphatic heterocycles. The molecule has 0 aliphatic carbocycles. The molecule has 2 heterocycles. The van der Waals surface area contributed by atoms with Crippen molar-refractivity contribution >= 4 is 28.4 Å². The minimum Gasteiger partial charge on any atom is -0.346 e. The van der Waals surface area contributed by atoms with E-state index in [1.807, 2.05) is 22.6 Å².